The Morgan fingerprint density at radius 1 is 1.23 bits per heavy atom. The van der Waals surface area contributed by atoms with Gasteiger partial charge in [-0.2, -0.15) is 9.61 Å². The molecule has 1 unspecified atom stereocenters. The number of carbonyl (C=O) groups is 2. The van der Waals surface area contributed by atoms with Gasteiger partial charge in [0.15, 0.2) is 5.65 Å². The van der Waals surface area contributed by atoms with Crippen LogP contribution in [0.1, 0.15) is 42.8 Å². The van der Waals surface area contributed by atoms with Gasteiger partial charge in [-0.1, -0.05) is 6.07 Å². The molecule has 1 saturated heterocycles. The molecule has 0 bridgehead atoms. The molecule has 3 aromatic rings. The highest BCUT2D eigenvalue weighted by atomic mass is 16.2. The van der Waals surface area contributed by atoms with Crippen LogP contribution in [0.4, 0.5) is 16.4 Å². The van der Waals surface area contributed by atoms with E-state index in [4.69, 9.17) is 4.98 Å². The molecule has 0 radical (unpaired) electrons. The summed E-state index contributed by atoms with van der Waals surface area (Å²) in [5.74, 6) is 0.990. The number of hydrogen-bond acceptors (Lipinski definition) is 7. The van der Waals surface area contributed by atoms with Gasteiger partial charge in [-0.15, -0.1) is 0 Å². The molecule has 31 heavy (non-hydrogen) atoms. The lowest BCUT2D eigenvalue weighted by molar-refractivity contribution is -0.115. The topological polar surface area (TPSA) is 125 Å². The van der Waals surface area contributed by atoms with Crippen molar-refractivity contribution in [2.75, 3.05) is 10.6 Å². The van der Waals surface area contributed by atoms with Gasteiger partial charge in [-0.05, 0) is 44.9 Å². The Balaban J connectivity index is 1.53. The Hall–Kier alpha value is -3.95. The smallest absolute Gasteiger partial charge is 0.326 e. The largest absolute Gasteiger partial charge is 0.367 e. The van der Waals surface area contributed by atoms with Crippen LogP contribution in [0, 0.1) is 6.92 Å². The minimum Gasteiger partial charge on any atom is -0.367 e. The number of aryl methyl sites for hydroxylation is 1. The van der Waals surface area contributed by atoms with Crippen LogP contribution in [0.25, 0.3) is 11.7 Å². The third kappa shape index (κ3) is 3.91. The van der Waals surface area contributed by atoms with Crippen LogP contribution in [-0.4, -0.2) is 37.6 Å². The van der Waals surface area contributed by atoms with E-state index in [0.29, 0.717) is 23.1 Å². The summed E-state index contributed by atoms with van der Waals surface area (Å²) in [6, 6.07) is 7.65. The summed E-state index contributed by atoms with van der Waals surface area (Å²) in [6.45, 7) is 3.99. The first-order chi connectivity index (χ1) is 15.0. The van der Waals surface area contributed by atoms with Crippen molar-refractivity contribution in [1.82, 2.24) is 30.2 Å². The van der Waals surface area contributed by atoms with Crippen molar-refractivity contribution >= 4 is 35.3 Å². The zero-order valence-corrected chi connectivity index (χ0v) is 17.1. The number of carbonyl (C=O) groups excluding carboxylic acids is 2. The fraction of sp³-hybridized carbons (Fsp3) is 0.286. The van der Waals surface area contributed by atoms with Crippen molar-refractivity contribution < 1.29 is 9.59 Å². The highest BCUT2D eigenvalue weighted by Crippen LogP contribution is 2.28. The average molecular weight is 418 g/mol. The second kappa shape index (κ2) is 7.38. The number of amides is 3. The highest BCUT2D eigenvalue weighted by Gasteiger charge is 2.25. The molecule has 0 aromatic carbocycles. The molecule has 2 fully saturated rings. The van der Waals surface area contributed by atoms with Gasteiger partial charge in [0, 0.05) is 23.4 Å². The molecule has 1 atom stereocenters. The number of aromatic nitrogens is 4. The normalized spacial score (nSPS) is 18.2. The van der Waals surface area contributed by atoms with E-state index in [9.17, 15) is 9.59 Å². The van der Waals surface area contributed by atoms with Gasteiger partial charge >= 0.3 is 6.03 Å². The van der Waals surface area contributed by atoms with Gasteiger partial charge in [0.25, 0.3) is 5.91 Å². The lowest BCUT2D eigenvalue weighted by Crippen LogP contribution is -2.22. The van der Waals surface area contributed by atoms with Crippen molar-refractivity contribution in [3.05, 3.63) is 53.1 Å². The molecule has 2 aliphatic rings. The Kier molecular flexibility index (Phi) is 4.54. The van der Waals surface area contributed by atoms with E-state index < -0.39 is 11.9 Å². The van der Waals surface area contributed by atoms with Gasteiger partial charge in [0.1, 0.15) is 17.3 Å². The zero-order chi connectivity index (χ0) is 21.5. The third-order valence-corrected chi connectivity index (χ3v) is 5.17. The number of urea groups is 1. The standard InChI is InChI=1S/C21H22N8O2/c1-11-4-3-5-15(23-11)12(2)24-17-9-18(25-14-6-7-14)29-19(27-17)13(10-22-29)8-16-20(30)28-21(31)26-16/h3-5,8-10,12,14,25H,6-7H2,1-2H3,(H,24,27)(H2,26,28,30,31)/b16-8-. The fourth-order valence-electron chi connectivity index (χ4n) is 3.43. The van der Waals surface area contributed by atoms with E-state index in [0.717, 1.165) is 30.0 Å². The van der Waals surface area contributed by atoms with Crippen molar-refractivity contribution in [2.45, 2.75) is 38.8 Å². The number of nitrogens with one attached hydrogen (secondary N) is 4. The number of anilines is 2. The maximum absolute atomic E-state index is 11.9. The van der Waals surface area contributed by atoms with E-state index in [2.05, 4.69) is 31.3 Å². The molecule has 0 spiro atoms. The molecule has 1 aliphatic carbocycles. The van der Waals surface area contributed by atoms with E-state index in [-0.39, 0.29) is 11.7 Å². The molecule has 4 N–H and O–H groups in total. The van der Waals surface area contributed by atoms with Gasteiger partial charge in [0.2, 0.25) is 0 Å². The molecule has 3 amide bonds. The first-order valence-electron chi connectivity index (χ1n) is 10.2. The maximum Gasteiger partial charge on any atom is 0.326 e. The highest BCUT2D eigenvalue weighted by molar-refractivity contribution is 6.14. The zero-order valence-electron chi connectivity index (χ0n) is 17.1. The SMILES string of the molecule is Cc1cccc(C(C)Nc2cc(NC3CC3)n3ncc(/C=C4\NC(=O)NC4=O)c3n2)n1. The number of fused-ring (bicyclic) bond motifs is 1. The Bertz CT molecular complexity index is 1230. The van der Waals surface area contributed by atoms with Gasteiger partial charge in [-0.25, -0.2) is 9.78 Å². The summed E-state index contributed by atoms with van der Waals surface area (Å²) in [7, 11) is 0. The molecule has 1 saturated carbocycles. The minimum absolute atomic E-state index is 0.0618. The van der Waals surface area contributed by atoms with Gasteiger partial charge in [-0.3, -0.25) is 15.1 Å². The van der Waals surface area contributed by atoms with Crippen LogP contribution in [0.2, 0.25) is 0 Å². The summed E-state index contributed by atoms with van der Waals surface area (Å²) in [6.07, 6.45) is 5.42. The molecular formula is C21H22N8O2. The van der Waals surface area contributed by atoms with Crippen LogP contribution >= 0.6 is 0 Å². The quantitative estimate of drug-likeness (QED) is 0.358. The van der Waals surface area contributed by atoms with Crippen LogP contribution in [0.3, 0.4) is 0 Å². The summed E-state index contributed by atoms with van der Waals surface area (Å²) in [4.78, 5) is 32.7. The predicted molar refractivity (Wildman–Crippen MR) is 115 cm³/mol. The molecule has 1 aliphatic heterocycles. The van der Waals surface area contributed by atoms with Crippen molar-refractivity contribution in [2.24, 2.45) is 0 Å². The predicted octanol–water partition coefficient (Wildman–Crippen LogP) is 2.36. The minimum atomic E-state index is -0.543. The molecule has 10 nitrogen and oxygen atoms in total. The van der Waals surface area contributed by atoms with E-state index >= 15 is 0 Å². The van der Waals surface area contributed by atoms with Crippen LogP contribution in [-0.2, 0) is 4.79 Å². The van der Waals surface area contributed by atoms with Gasteiger partial charge < -0.3 is 16.0 Å². The Labute approximate surface area is 178 Å². The van der Waals surface area contributed by atoms with E-state index in [1.165, 1.54) is 0 Å². The number of pyridine rings is 1. The van der Waals surface area contributed by atoms with E-state index in [1.807, 2.05) is 38.1 Å². The lowest BCUT2D eigenvalue weighted by Gasteiger charge is -2.16. The first kappa shape index (κ1) is 19.0. The summed E-state index contributed by atoms with van der Waals surface area (Å²) in [5, 5.41) is 16.0. The Morgan fingerprint density at radius 3 is 2.77 bits per heavy atom. The Morgan fingerprint density at radius 2 is 2.06 bits per heavy atom. The summed E-state index contributed by atoms with van der Waals surface area (Å²) >= 11 is 0. The fourth-order valence-corrected chi connectivity index (χ4v) is 3.43. The average Bonchev–Trinajstić information content (AvgIpc) is 3.37. The van der Waals surface area contributed by atoms with Crippen molar-refractivity contribution in [3.8, 4) is 0 Å². The second-order valence-corrected chi connectivity index (χ2v) is 7.82. The number of hydrogen-bond donors (Lipinski definition) is 4. The molecule has 10 heteroatoms. The molecule has 158 valence electrons. The maximum atomic E-state index is 11.9. The number of rotatable bonds is 6. The van der Waals surface area contributed by atoms with Crippen LogP contribution < -0.4 is 21.3 Å². The molecular weight excluding hydrogens is 396 g/mol. The van der Waals surface area contributed by atoms with Crippen molar-refractivity contribution in [1.29, 1.82) is 0 Å². The third-order valence-electron chi connectivity index (χ3n) is 5.17. The summed E-state index contributed by atoms with van der Waals surface area (Å²) < 4.78 is 1.71. The number of nitrogens with zero attached hydrogens (tertiary/aromatic N) is 4. The van der Waals surface area contributed by atoms with Gasteiger partial charge in [0.05, 0.1) is 17.9 Å². The van der Waals surface area contributed by atoms with Crippen molar-refractivity contribution in [3.63, 3.8) is 0 Å². The first-order valence-corrected chi connectivity index (χ1v) is 10.2. The monoisotopic (exact) mass is 418 g/mol. The molecule has 4 heterocycles. The molecule has 3 aromatic heterocycles. The summed E-state index contributed by atoms with van der Waals surface area (Å²) in [5.41, 5.74) is 3.22. The lowest BCUT2D eigenvalue weighted by atomic mass is 10.2. The number of imide groups is 1. The second-order valence-electron chi connectivity index (χ2n) is 7.82. The molecule has 5 rings (SSSR count). The van der Waals surface area contributed by atoms with Crippen LogP contribution in [0.15, 0.2) is 36.2 Å². The van der Waals surface area contributed by atoms with Crippen LogP contribution in [0.5, 0.6) is 0 Å². The van der Waals surface area contributed by atoms with E-state index in [1.54, 1.807) is 16.8 Å².